The topological polar surface area (TPSA) is 148 Å². The Morgan fingerprint density at radius 3 is 2.09 bits per heavy atom. The number of unbranched alkanes of at least 4 members (excludes halogenated alkanes) is 1. The Hall–Kier alpha value is -3.46. The number of rotatable bonds is 11. The average Bonchev–Trinajstić information content (AvgIpc) is 2.77. The van der Waals surface area contributed by atoms with Crippen molar-refractivity contribution < 1.29 is 29.3 Å². The highest BCUT2D eigenvalue weighted by atomic mass is 16.5. The molecule has 0 atom stereocenters. The van der Waals surface area contributed by atoms with Crippen LogP contribution in [0.4, 0.5) is 11.4 Å². The summed E-state index contributed by atoms with van der Waals surface area (Å²) in [5.74, 6) is -1.33. The van der Waals surface area contributed by atoms with Gasteiger partial charge in [0.25, 0.3) is 0 Å². The summed E-state index contributed by atoms with van der Waals surface area (Å²) < 4.78 is 11.0. The second kappa shape index (κ2) is 14.6. The van der Waals surface area contributed by atoms with Crippen molar-refractivity contribution in [3.05, 3.63) is 47.5 Å². The van der Waals surface area contributed by atoms with E-state index in [0.29, 0.717) is 35.9 Å². The third kappa shape index (κ3) is 9.69. The van der Waals surface area contributed by atoms with Gasteiger partial charge < -0.3 is 36.1 Å². The number of aromatic carboxylic acids is 1. The van der Waals surface area contributed by atoms with Gasteiger partial charge in [-0.1, -0.05) is 27.2 Å². The van der Waals surface area contributed by atoms with Crippen molar-refractivity contribution in [1.29, 1.82) is 0 Å². The number of esters is 1. The van der Waals surface area contributed by atoms with Crippen molar-refractivity contribution in [2.45, 2.75) is 33.6 Å². The van der Waals surface area contributed by atoms with E-state index in [1.807, 2.05) is 0 Å². The zero-order valence-electron chi connectivity index (χ0n) is 19.5. The number of carbonyl (C=O) groups is 2. The third-order valence-electron chi connectivity index (χ3n) is 4.77. The number of anilines is 2. The number of carboxylic acid groups (broad SMARTS) is 1. The number of nitrogen functional groups attached to an aromatic ring is 2. The molecule has 0 heterocycles. The minimum atomic E-state index is -1.16. The van der Waals surface area contributed by atoms with Crippen LogP contribution in [-0.2, 0) is 4.74 Å². The van der Waals surface area contributed by atoms with E-state index in [-0.39, 0.29) is 17.3 Å². The van der Waals surface area contributed by atoms with Crippen molar-refractivity contribution in [3.8, 4) is 11.5 Å². The van der Waals surface area contributed by atoms with Crippen LogP contribution in [-0.4, -0.2) is 59.9 Å². The van der Waals surface area contributed by atoms with E-state index in [4.69, 9.17) is 31.2 Å². The monoisotopic (exact) mass is 461 g/mol. The lowest BCUT2D eigenvalue weighted by Gasteiger charge is -2.18. The van der Waals surface area contributed by atoms with Gasteiger partial charge in [0.1, 0.15) is 29.2 Å². The third-order valence-corrected chi connectivity index (χ3v) is 4.77. The molecule has 2 aromatic rings. The lowest BCUT2D eigenvalue weighted by molar-refractivity contribution is 0.0461. The van der Waals surface area contributed by atoms with E-state index in [2.05, 4.69) is 25.7 Å². The first-order chi connectivity index (χ1) is 15.7. The summed E-state index contributed by atoms with van der Waals surface area (Å²) in [5, 5.41) is 17.5. The van der Waals surface area contributed by atoms with Crippen LogP contribution in [0.2, 0.25) is 0 Å². The smallest absolute Gasteiger partial charge is 0.341 e. The van der Waals surface area contributed by atoms with E-state index in [9.17, 15) is 9.59 Å². The largest absolute Gasteiger partial charge is 0.507 e. The van der Waals surface area contributed by atoms with Crippen molar-refractivity contribution in [1.82, 2.24) is 4.90 Å². The molecule has 0 spiro atoms. The number of benzene rings is 2. The minimum absolute atomic E-state index is 0.140. The van der Waals surface area contributed by atoms with Gasteiger partial charge >= 0.3 is 11.9 Å². The Morgan fingerprint density at radius 1 is 0.939 bits per heavy atom. The molecule has 0 unspecified atom stereocenters. The highest BCUT2D eigenvalue weighted by Crippen LogP contribution is 2.23. The molecule has 2 aromatic carbocycles. The molecule has 182 valence electrons. The molecule has 0 aliphatic heterocycles. The maximum absolute atomic E-state index is 12.2. The quantitative estimate of drug-likeness (QED) is 0.224. The van der Waals surface area contributed by atoms with Gasteiger partial charge in [-0.05, 0) is 43.8 Å². The first kappa shape index (κ1) is 27.6. The molecule has 33 heavy (non-hydrogen) atoms. The molecule has 0 bridgehead atoms. The van der Waals surface area contributed by atoms with E-state index >= 15 is 0 Å². The average molecular weight is 462 g/mol. The van der Waals surface area contributed by atoms with Gasteiger partial charge in [-0.3, -0.25) is 0 Å². The van der Waals surface area contributed by atoms with Crippen molar-refractivity contribution in [2.24, 2.45) is 0 Å². The molecule has 0 radical (unpaired) electrons. The van der Waals surface area contributed by atoms with Crippen molar-refractivity contribution in [3.63, 3.8) is 0 Å². The van der Waals surface area contributed by atoms with Gasteiger partial charge in [-0.25, -0.2) is 9.59 Å². The Bertz CT molecular complexity index is 900. The van der Waals surface area contributed by atoms with Crippen LogP contribution < -0.4 is 16.2 Å². The second-order valence-corrected chi connectivity index (χ2v) is 7.20. The van der Waals surface area contributed by atoms with Crippen LogP contribution in [0.5, 0.6) is 11.5 Å². The number of likely N-dealkylation sites (N-methyl/N-ethyl adjacent to an activating group) is 1. The SMILES string of the molecule is CCCCOc1cc(N)ccc1C(=O)OCCN(CC)CC.Nc1ccc(C(=O)O)c(O)c1. The molecule has 9 nitrogen and oxygen atoms in total. The van der Waals surface area contributed by atoms with Crippen molar-refractivity contribution in [2.75, 3.05) is 44.3 Å². The van der Waals surface area contributed by atoms with Gasteiger partial charge in [0, 0.05) is 30.1 Å². The molecule has 0 aliphatic rings. The molecule has 0 saturated carbocycles. The van der Waals surface area contributed by atoms with Gasteiger partial charge in [0.05, 0.1) is 6.61 Å². The molecule has 6 N–H and O–H groups in total. The molecule has 0 aliphatic carbocycles. The summed E-state index contributed by atoms with van der Waals surface area (Å²) >= 11 is 0. The Balaban J connectivity index is 0.000000412. The van der Waals surface area contributed by atoms with Gasteiger partial charge in [0.2, 0.25) is 0 Å². The number of hydrogen-bond acceptors (Lipinski definition) is 8. The normalized spacial score (nSPS) is 10.3. The summed E-state index contributed by atoms with van der Waals surface area (Å²) in [6, 6.07) is 8.90. The van der Waals surface area contributed by atoms with E-state index in [1.54, 1.807) is 18.2 Å². The zero-order valence-corrected chi connectivity index (χ0v) is 19.5. The van der Waals surface area contributed by atoms with Crippen LogP contribution in [0.15, 0.2) is 36.4 Å². The fourth-order valence-electron chi connectivity index (χ4n) is 2.77. The Morgan fingerprint density at radius 2 is 1.55 bits per heavy atom. The van der Waals surface area contributed by atoms with E-state index in [1.165, 1.54) is 18.2 Å². The number of nitrogens with two attached hydrogens (primary N) is 2. The molecule has 0 amide bonds. The number of phenols is 1. The number of carboxylic acids is 1. The summed E-state index contributed by atoms with van der Waals surface area (Å²) in [5.41, 5.74) is 12.3. The number of aromatic hydroxyl groups is 1. The summed E-state index contributed by atoms with van der Waals surface area (Å²) in [6.07, 6.45) is 1.97. The first-order valence-electron chi connectivity index (χ1n) is 11.0. The summed E-state index contributed by atoms with van der Waals surface area (Å²) in [6.45, 7) is 9.84. The molecule has 0 fully saturated rings. The maximum Gasteiger partial charge on any atom is 0.341 e. The molecule has 9 heteroatoms. The molecular formula is C24H35N3O6. The van der Waals surface area contributed by atoms with Gasteiger partial charge in [-0.2, -0.15) is 0 Å². The molecule has 0 saturated heterocycles. The van der Waals surface area contributed by atoms with Gasteiger partial charge in [0.15, 0.2) is 0 Å². The summed E-state index contributed by atoms with van der Waals surface area (Å²) in [4.78, 5) is 24.7. The van der Waals surface area contributed by atoms with Crippen LogP contribution in [0, 0.1) is 0 Å². The van der Waals surface area contributed by atoms with Crippen LogP contribution in [0.25, 0.3) is 0 Å². The van der Waals surface area contributed by atoms with Crippen LogP contribution >= 0.6 is 0 Å². The highest BCUT2D eigenvalue weighted by Gasteiger charge is 2.15. The second-order valence-electron chi connectivity index (χ2n) is 7.20. The Labute approximate surface area is 194 Å². The maximum atomic E-state index is 12.2. The fourth-order valence-corrected chi connectivity index (χ4v) is 2.77. The van der Waals surface area contributed by atoms with Crippen molar-refractivity contribution >= 4 is 23.3 Å². The minimum Gasteiger partial charge on any atom is -0.507 e. The number of hydrogen-bond donors (Lipinski definition) is 4. The van der Waals surface area contributed by atoms with E-state index in [0.717, 1.165) is 32.5 Å². The first-order valence-corrected chi connectivity index (χ1v) is 11.0. The zero-order chi connectivity index (χ0) is 24.8. The number of carbonyl (C=O) groups excluding carboxylic acids is 1. The highest BCUT2D eigenvalue weighted by molar-refractivity contribution is 5.93. The molecule has 2 rings (SSSR count). The van der Waals surface area contributed by atoms with Crippen LogP contribution in [0.3, 0.4) is 0 Å². The van der Waals surface area contributed by atoms with E-state index < -0.39 is 5.97 Å². The van der Waals surface area contributed by atoms with Crippen LogP contribution in [0.1, 0.15) is 54.3 Å². The lowest BCUT2D eigenvalue weighted by atomic mass is 10.2. The predicted octanol–water partition coefficient (Wildman–Crippen LogP) is 3.62. The predicted molar refractivity (Wildman–Crippen MR) is 129 cm³/mol. The molecular weight excluding hydrogens is 426 g/mol. The standard InChI is InChI=1S/C17H28N2O3.C7H7NO3/c1-4-7-11-21-16-13-14(18)8-9-15(16)17(20)22-12-10-19(5-2)6-3;8-4-1-2-5(7(10)11)6(9)3-4/h8-9,13H,4-7,10-12,18H2,1-3H3;1-3,9H,8H2,(H,10,11). The fraction of sp³-hybridized carbons (Fsp3) is 0.417. The number of nitrogens with zero attached hydrogens (tertiary/aromatic N) is 1. The summed E-state index contributed by atoms with van der Waals surface area (Å²) in [7, 11) is 0. The molecule has 0 aromatic heterocycles. The Kier molecular flexibility index (Phi) is 12.2. The number of ether oxygens (including phenoxy) is 2. The van der Waals surface area contributed by atoms with Gasteiger partial charge in [-0.15, -0.1) is 0 Å². The lowest BCUT2D eigenvalue weighted by Crippen LogP contribution is -2.28.